The second kappa shape index (κ2) is 6.63. The molecule has 0 aromatic heterocycles. The molecule has 1 aliphatic heterocycles. The van der Waals surface area contributed by atoms with Crippen LogP contribution in [0.4, 0.5) is 0 Å². The van der Waals surface area contributed by atoms with Gasteiger partial charge in [0, 0.05) is 6.42 Å². The minimum atomic E-state index is -0.0357. The standard InChI is InChI=1S/C12H20O2/c1-11-9-7-5-3-2-4-6-8-10-12(13)14-11/h2,4,11H,3,5-10H2,1H3/b4-2-/t11-/m0/s1. The number of rotatable bonds is 0. The van der Waals surface area contributed by atoms with E-state index in [4.69, 9.17) is 4.74 Å². The zero-order valence-electron chi connectivity index (χ0n) is 9.00. The van der Waals surface area contributed by atoms with Crippen molar-refractivity contribution in [3.8, 4) is 0 Å². The summed E-state index contributed by atoms with van der Waals surface area (Å²) in [6, 6.07) is 0. The van der Waals surface area contributed by atoms with Crippen molar-refractivity contribution < 1.29 is 9.53 Å². The number of carbonyl (C=O) groups is 1. The van der Waals surface area contributed by atoms with Gasteiger partial charge in [-0.3, -0.25) is 4.79 Å². The molecule has 0 aromatic carbocycles. The predicted octanol–water partition coefficient (Wildman–Crippen LogP) is 3.22. The maximum atomic E-state index is 11.3. The van der Waals surface area contributed by atoms with Crippen LogP contribution in [-0.2, 0) is 9.53 Å². The molecule has 1 aliphatic rings. The van der Waals surface area contributed by atoms with Crippen LogP contribution in [0, 0.1) is 0 Å². The smallest absolute Gasteiger partial charge is 0.306 e. The topological polar surface area (TPSA) is 26.3 Å². The van der Waals surface area contributed by atoms with Gasteiger partial charge in [0.1, 0.15) is 0 Å². The molecule has 0 amide bonds. The van der Waals surface area contributed by atoms with Crippen LogP contribution in [0.25, 0.3) is 0 Å². The van der Waals surface area contributed by atoms with E-state index in [0.717, 1.165) is 25.7 Å². The van der Waals surface area contributed by atoms with Crippen LogP contribution in [0.2, 0.25) is 0 Å². The molecule has 2 heteroatoms. The number of carbonyl (C=O) groups excluding carboxylic acids is 1. The van der Waals surface area contributed by atoms with Crippen LogP contribution >= 0.6 is 0 Å². The van der Waals surface area contributed by atoms with Crippen LogP contribution in [0.5, 0.6) is 0 Å². The van der Waals surface area contributed by atoms with Crippen molar-refractivity contribution in [1.29, 1.82) is 0 Å². The Morgan fingerprint density at radius 3 is 2.71 bits per heavy atom. The minimum absolute atomic E-state index is 0.0357. The van der Waals surface area contributed by atoms with E-state index in [0.29, 0.717) is 6.42 Å². The van der Waals surface area contributed by atoms with Gasteiger partial charge in [-0.05, 0) is 45.4 Å². The lowest BCUT2D eigenvalue weighted by Gasteiger charge is -2.13. The van der Waals surface area contributed by atoms with Gasteiger partial charge < -0.3 is 4.74 Å². The van der Waals surface area contributed by atoms with Crippen molar-refractivity contribution >= 4 is 5.97 Å². The number of esters is 1. The fourth-order valence-corrected chi connectivity index (χ4v) is 1.64. The molecule has 0 unspecified atom stereocenters. The maximum Gasteiger partial charge on any atom is 0.306 e. The molecule has 1 rings (SSSR count). The Morgan fingerprint density at radius 2 is 1.93 bits per heavy atom. The summed E-state index contributed by atoms with van der Waals surface area (Å²) in [5.41, 5.74) is 0. The fraction of sp³-hybridized carbons (Fsp3) is 0.750. The van der Waals surface area contributed by atoms with Crippen LogP contribution in [-0.4, -0.2) is 12.1 Å². The Kier molecular flexibility index (Phi) is 5.35. The van der Waals surface area contributed by atoms with Crippen molar-refractivity contribution in [3.63, 3.8) is 0 Å². The molecule has 80 valence electrons. The number of cyclic esters (lactones) is 1. The molecule has 1 atom stereocenters. The van der Waals surface area contributed by atoms with Gasteiger partial charge in [-0.1, -0.05) is 12.2 Å². The van der Waals surface area contributed by atoms with Gasteiger partial charge >= 0.3 is 5.97 Å². The summed E-state index contributed by atoms with van der Waals surface area (Å²) in [5, 5.41) is 0. The van der Waals surface area contributed by atoms with E-state index in [9.17, 15) is 4.79 Å². The molecule has 0 radical (unpaired) electrons. The number of hydrogen-bond donors (Lipinski definition) is 0. The zero-order chi connectivity index (χ0) is 10.2. The highest BCUT2D eigenvalue weighted by Crippen LogP contribution is 2.10. The summed E-state index contributed by atoms with van der Waals surface area (Å²) < 4.78 is 5.26. The fourth-order valence-electron chi connectivity index (χ4n) is 1.64. The van der Waals surface area contributed by atoms with Crippen molar-refractivity contribution in [2.75, 3.05) is 0 Å². The molecule has 0 saturated heterocycles. The summed E-state index contributed by atoms with van der Waals surface area (Å²) in [4.78, 5) is 11.3. The largest absolute Gasteiger partial charge is 0.463 e. The molecule has 0 spiro atoms. The van der Waals surface area contributed by atoms with Crippen LogP contribution in [0.3, 0.4) is 0 Å². The van der Waals surface area contributed by atoms with Gasteiger partial charge in [0.15, 0.2) is 0 Å². The monoisotopic (exact) mass is 196 g/mol. The Hall–Kier alpha value is -0.790. The van der Waals surface area contributed by atoms with E-state index in [-0.39, 0.29) is 12.1 Å². The SMILES string of the molecule is C[C@H]1CCCC/C=C\CCCC(=O)O1. The van der Waals surface area contributed by atoms with E-state index >= 15 is 0 Å². The van der Waals surface area contributed by atoms with E-state index in [1.54, 1.807) is 0 Å². The highest BCUT2D eigenvalue weighted by molar-refractivity contribution is 5.69. The van der Waals surface area contributed by atoms with Crippen LogP contribution in [0.1, 0.15) is 51.9 Å². The first-order chi connectivity index (χ1) is 6.79. The highest BCUT2D eigenvalue weighted by Gasteiger charge is 2.08. The minimum Gasteiger partial charge on any atom is -0.463 e. The third-order valence-corrected chi connectivity index (χ3v) is 2.48. The third kappa shape index (κ3) is 5.05. The van der Waals surface area contributed by atoms with E-state index in [1.165, 1.54) is 12.8 Å². The Balaban J connectivity index is 2.35. The van der Waals surface area contributed by atoms with E-state index in [2.05, 4.69) is 12.2 Å². The van der Waals surface area contributed by atoms with Gasteiger partial charge in [0.2, 0.25) is 0 Å². The summed E-state index contributed by atoms with van der Waals surface area (Å²) >= 11 is 0. The molecule has 0 fully saturated rings. The van der Waals surface area contributed by atoms with Crippen molar-refractivity contribution in [3.05, 3.63) is 12.2 Å². The van der Waals surface area contributed by atoms with E-state index < -0.39 is 0 Å². The molecule has 14 heavy (non-hydrogen) atoms. The van der Waals surface area contributed by atoms with Gasteiger partial charge in [-0.2, -0.15) is 0 Å². The Bertz CT molecular complexity index is 196. The number of ether oxygens (including phenoxy) is 1. The number of hydrogen-bond acceptors (Lipinski definition) is 2. The van der Waals surface area contributed by atoms with Crippen LogP contribution in [0.15, 0.2) is 12.2 Å². The normalized spacial score (nSPS) is 28.4. The average molecular weight is 196 g/mol. The third-order valence-electron chi connectivity index (χ3n) is 2.48. The highest BCUT2D eigenvalue weighted by atomic mass is 16.5. The first-order valence-electron chi connectivity index (χ1n) is 5.63. The molecular weight excluding hydrogens is 176 g/mol. The van der Waals surface area contributed by atoms with Crippen molar-refractivity contribution in [1.82, 2.24) is 0 Å². The summed E-state index contributed by atoms with van der Waals surface area (Å²) in [5.74, 6) is -0.0357. The molecule has 0 bridgehead atoms. The Labute approximate surface area is 86.3 Å². The van der Waals surface area contributed by atoms with Crippen molar-refractivity contribution in [2.24, 2.45) is 0 Å². The predicted molar refractivity (Wildman–Crippen MR) is 57.0 cm³/mol. The van der Waals surface area contributed by atoms with Gasteiger partial charge in [-0.15, -0.1) is 0 Å². The molecule has 0 N–H and O–H groups in total. The van der Waals surface area contributed by atoms with Gasteiger partial charge in [0.05, 0.1) is 6.10 Å². The molecule has 0 aromatic rings. The quantitative estimate of drug-likeness (QED) is 0.439. The molecule has 1 heterocycles. The lowest BCUT2D eigenvalue weighted by molar-refractivity contribution is -0.148. The van der Waals surface area contributed by atoms with Gasteiger partial charge in [-0.25, -0.2) is 0 Å². The second-order valence-corrected chi connectivity index (χ2v) is 3.95. The number of allylic oxidation sites excluding steroid dienone is 2. The van der Waals surface area contributed by atoms with Crippen molar-refractivity contribution in [2.45, 2.75) is 58.0 Å². The maximum absolute atomic E-state index is 11.3. The molecular formula is C12H20O2. The van der Waals surface area contributed by atoms with E-state index in [1.807, 2.05) is 6.92 Å². The lowest BCUT2D eigenvalue weighted by atomic mass is 10.1. The molecule has 0 saturated carbocycles. The summed E-state index contributed by atoms with van der Waals surface area (Å²) in [7, 11) is 0. The molecule has 2 nitrogen and oxygen atoms in total. The zero-order valence-corrected chi connectivity index (χ0v) is 9.00. The first-order valence-corrected chi connectivity index (χ1v) is 5.63. The van der Waals surface area contributed by atoms with Crippen LogP contribution < -0.4 is 0 Å². The average Bonchev–Trinajstić information content (AvgIpc) is 2.13. The Morgan fingerprint density at radius 1 is 1.21 bits per heavy atom. The van der Waals surface area contributed by atoms with Gasteiger partial charge in [0.25, 0.3) is 0 Å². The summed E-state index contributed by atoms with van der Waals surface area (Å²) in [6.45, 7) is 1.99. The lowest BCUT2D eigenvalue weighted by Crippen LogP contribution is -2.14. The molecule has 0 aliphatic carbocycles. The second-order valence-electron chi connectivity index (χ2n) is 3.95. The summed E-state index contributed by atoms with van der Waals surface area (Å²) in [6.07, 6.45) is 11.5. The first kappa shape index (κ1) is 11.3.